The van der Waals surface area contributed by atoms with Crippen molar-refractivity contribution in [3.8, 4) is 5.75 Å². The van der Waals surface area contributed by atoms with Gasteiger partial charge in [-0.1, -0.05) is 87.8 Å². The smallest absolute Gasteiger partial charge is 0.252 e. The molecule has 0 aliphatic carbocycles. The quantitative estimate of drug-likeness (QED) is 0.0657. The van der Waals surface area contributed by atoms with Crippen LogP contribution < -0.4 is 10.1 Å². The first kappa shape index (κ1) is 31.8. The van der Waals surface area contributed by atoms with E-state index in [0.29, 0.717) is 43.2 Å². The van der Waals surface area contributed by atoms with Gasteiger partial charge in [-0.25, -0.2) is 4.99 Å². The van der Waals surface area contributed by atoms with Gasteiger partial charge in [0, 0.05) is 40.9 Å². The monoisotopic (exact) mass is 667 g/mol. The largest absolute Gasteiger partial charge is 0.494 e. The zero-order valence-electron chi connectivity index (χ0n) is 24.7. The molecule has 0 aromatic heterocycles. The molecule has 1 aliphatic rings. The van der Waals surface area contributed by atoms with Crippen LogP contribution in [0.25, 0.3) is 10.4 Å². The number of benzene rings is 4. The summed E-state index contributed by atoms with van der Waals surface area (Å²) in [5.74, 6) is 0.752. The van der Waals surface area contributed by atoms with Gasteiger partial charge in [0.25, 0.3) is 5.91 Å². The second kappa shape index (κ2) is 15.4. The third kappa shape index (κ3) is 7.91. The fourth-order valence-electron chi connectivity index (χ4n) is 5.32. The molecule has 1 amide bonds. The lowest BCUT2D eigenvalue weighted by Gasteiger charge is -2.31. The minimum atomic E-state index is -1.36. The molecule has 0 fully saturated rings. The van der Waals surface area contributed by atoms with Gasteiger partial charge in [0.05, 0.1) is 13.2 Å². The van der Waals surface area contributed by atoms with Crippen molar-refractivity contribution in [1.29, 1.82) is 0 Å². The molecule has 9 nitrogen and oxygen atoms in total. The summed E-state index contributed by atoms with van der Waals surface area (Å²) in [6.45, 7) is 1.03. The average molecular weight is 669 g/mol. The molecule has 0 saturated carbocycles. The number of aliphatic imine (C=N–C) groups is 1. The van der Waals surface area contributed by atoms with E-state index in [1.54, 1.807) is 0 Å². The number of aliphatic hydroxyl groups excluding tert-OH is 1. The highest BCUT2D eigenvalue weighted by molar-refractivity contribution is 9.10. The van der Waals surface area contributed by atoms with Crippen LogP contribution in [0.3, 0.4) is 0 Å². The number of nitrogens with zero attached hydrogens (tertiary/aromatic N) is 4. The number of hydrogen-bond donors (Lipinski definition) is 2. The van der Waals surface area contributed by atoms with Crippen molar-refractivity contribution >= 4 is 27.7 Å². The molecule has 2 N–H and O–H groups in total. The lowest BCUT2D eigenvalue weighted by molar-refractivity contribution is -0.128. The molecule has 10 heteroatoms. The summed E-state index contributed by atoms with van der Waals surface area (Å²) < 4.78 is 13.3. The van der Waals surface area contributed by atoms with Gasteiger partial charge in [-0.2, -0.15) is 0 Å². The number of nitrogens with one attached hydrogen (secondary N) is 1. The highest BCUT2D eigenvalue weighted by atomic mass is 79.9. The third-order valence-corrected chi connectivity index (χ3v) is 8.16. The summed E-state index contributed by atoms with van der Waals surface area (Å²) in [7, 11) is 0. The van der Waals surface area contributed by atoms with Crippen LogP contribution in [0.1, 0.15) is 40.3 Å². The predicted molar refractivity (Wildman–Crippen MR) is 177 cm³/mol. The van der Waals surface area contributed by atoms with Crippen molar-refractivity contribution in [2.24, 2.45) is 10.1 Å². The number of azide groups is 1. The summed E-state index contributed by atoms with van der Waals surface area (Å²) in [5.41, 5.74) is 11.9. The summed E-state index contributed by atoms with van der Waals surface area (Å²) in [6.07, 6.45) is 0.680. The molecular weight excluding hydrogens is 634 g/mol. The molecule has 0 bridgehead atoms. The molecule has 1 heterocycles. The van der Waals surface area contributed by atoms with Gasteiger partial charge in [0.2, 0.25) is 5.90 Å². The molecule has 4 aromatic rings. The van der Waals surface area contributed by atoms with Crippen LogP contribution in [0.4, 0.5) is 0 Å². The number of carbonyl (C=O) groups is 1. The van der Waals surface area contributed by atoms with Crippen LogP contribution in [-0.4, -0.2) is 42.2 Å². The van der Waals surface area contributed by atoms with Crippen molar-refractivity contribution in [3.63, 3.8) is 0 Å². The second-order valence-electron chi connectivity index (χ2n) is 10.7. The summed E-state index contributed by atoms with van der Waals surface area (Å²) in [5, 5.41) is 16.0. The molecule has 1 aliphatic heterocycles. The van der Waals surface area contributed by atoms with Crippen LogP contribution >= 0.6 is 15.9 Å². The van der Waals surface area contributed by atoms with Crippen molar-refractivity contribution in [1.82, 2.24) is 5.32 Å². The Bertz CT molecular complexity index is 1660. The van der Waals surface area contributed by atoms with Gasteiger partial charge in [-0.15, -0.1) is 0 Å². The Morgan fingerprint density at radius 1 is 1.00 bits per heavy atom. The number of halogens is 1. The molecule has 2 atom stereocenters. The van der Waals surface area contributed by atoms with Crippen molar-refractivity contribution in [2.75, 3.05) is 19.8 Å². The van der Waals surface area contributed by atoms with Gasteiger partial charge in [-0.3, -0.25) is 4.79 Å². The maximum atomic E-state index is 14.5. The SMILES string of the molecule is [N-]=[N+]=NCc1ccccc1C[C@@]1(C(=O)NCCc2ccc(Br)cc2)N=C(c2ccc(OCCCO)cc2)O[C@@H]1c1ccccc1. The Kier molecular flexibility index (Phi) is 10.9. The molecule has 0 saturated heterocycles. The van der Waals surface area contributed by atoms with E-state index in [0.717, 1.165) is 26.7 Å². The van der Waals surface area contributed by atoms with E-state index < -0.39 is 11.6 Å². The van der Waals surface area contributed by atoms with Crippen molar-refractivity contribution in [2.45, 2.75) is 37.5 Å². The lowest BCUT2D eigenvalue weighted by Crippen LogP contribution is -2.50. The van der Waals surface area contributed by atoms with Crippen molar-refractivity contribution in [3.05, 3.63) is 146 Å². The van der Waals surface area contributed by atoms with E-state index in [-0.39, 0.29) is 25.5 Å². The Labute approximate surface area is 270 Å². The fourth-order valence-corrected chi connectivity index (χ4v) is 5.58. The third-order valence-electron chi connectivity index (χ3n) is 7.63. The molecule has 4 aromatic carbocycles. The molecular formula is C35H34BrN5O4. The van der Waals surface area contributed by atoms with Gasteiger partial charge >= 0.3 is 0 Å². The molecule has 5 rings (SSSR count). The van der Waals surface area contributed by atoms with E-state index in [1.165, 1.54) is 0 Å². The van der Waals surface area contributed by atoms with E-state index in [9.17, 15) is 4.79 Å². The van der Waals surface area contributed by atoms with Crippen molar-refractivity contribution < 1.29 is 19.4 Å². The predicted octanol–water partition coefficient (Wildman–Crippen LogP) is 6.88. The first-order chi connectivity index (χ1) is 22.0. The maximum Gasteiger partial charge on any atom is 0.252 e. The number of amides is 1. The van der Waals surface area contributed by atoms with Crippen LogP contribution in [-0.2, 0) is 28.9 Å². The van der Waals surface area contributed by atoms with Crippen LogP contribution in [0.2, 0.25) is 0 Å². The highest BCUT2D eigenvalue weighted by Crippen LogP contribution is 2.43. The average Bonchev–Trinajstić information content (AvgIpc) is 3.46. The van der Waals surface area contributed by atoms with Gasteiger partial charge in [0.15, 0.2) is 11.6 Å². The fraction of sp³-hybridized carbons (Fsp3) is 0.257. The maximum absolute atomic E-state index is 14.5. The van der Waals surface area contributed by atoms with Crippen LogP contribution in [0.15, 0.2) is 118 Å². The summed E-state index contributed by atoms with van der Waals surface area (Å²) in [6, 6.07) is 32.6. The zero-order valence-corrected chi connectivity index (χ0v) is 26.3. The highest BCUT2D eigenvalue weighted by Gasteiger charge is 2.53. The number of carbonyl (C=O) groups excluding carboxylic acids is 1. The number of hydrogen-bond acceptors (Lipinski definition) is 6. The van der Waals surface area contributed by atoms with Gasteiger partial charge < -0.3 is 19.9 Å². The molecule has 230 valence electrons. The number of ether oxygens (including phenoxy) is 2. The van der Waals surface area contributed by atoms with E-state index in [4.69, 9.17) is 25.1 Å². The minimum absolute atomic E-state index is 0.0584. The summed E-state index contributed by atoms with van der Waals surface area (Å²) in [4.78, 5) is 22.5. The first-order valence-electron chi connectivity index (χ1n) is 14.8. The molecule has 45 heavy (non-hydrogen) atoms. The Morgan fingerprint density at radius 3 is 2.42 bits per heavy atom. The Hall–Kier alpha value is -4.63. The second-order valence-corrected chi connectivity index (χ2v) is 11.6. The van der Waals surface area contributed by atoms with Crippen LogP contribution in [0.5, 0.6) is 5.75 Å². The van der Waals surface area contributed by atoms with E-state index in [2.05, 4.69) is 31.3 Å². The summed E-state index contributed by atoms with van der Waals surface area (Å²) >= 11 is 3.47. The Morgan fingerprint density at radius 2 is 1.71 bits per heavy atom. The minimum Gasteiger partial charge on any atom is -0.494 e. The number of rotatable bonds is 14. The molecule has 0 spiro atoms. The molecule has 0 unspecified atom stereocenters. The molecule has 0 radical (unpaired) electrons. The topological polar surface area (TPSA) is 129 Å². The van der Waals surface area contributed by atoms with Crippen LogP contribution in [0, 0.1) is 0 Å². The first-order valence-corrected chi connectivity index (χ1v) is 15.6. The van der Waals surface area contributed by atoms with E-state index >= 15 is 0 Å². The Balaban J connectivity index is 1.53. The lowest BCUT2D eigenvalue weighted by atomic mass is 9.81. The van der Waals surface area contributed by atoms with Gasteiger partial charge in [0.1, 0.15) is 5.75 Å². The zero-order chi connectivity index (χ0) is 31.5. The normalized spacial score (nSPS) is 17.1. The van der Waals surface area contributed by atoms with Gasteiger partial charge in [-0.05, 0) is 70.6 Å². The number of aliphatic hydroxyl groups is 1. The standard InChI is InChI=1S/C35H34BrN5O4/c36-30-15-11-25(12-16-30)19-20-38-34(43)35(23-28-9-4-5-10-29(28)24-39-41-37)32(26-7-2-1-3-8-26)45-33(40-35)27-13-17-31(18-14-27)44-22-6-21-42/h1-5,7-18,32,42H,6,19-24H2,(H,38,43)/t32-,35-/m1/s1. The van der Waals surface area contributed by atoms with E-state index in [1.807, 2.05) is 103 Å².